The van der Waals surface area contributed by atoms with Gasteiger partial charge in [-0.25, -0.2) is 24.0 Å². The summed E-state index contributed by atoms with van der Waals surface area (Å²) in [6, 6.07) is 10.6. The van der Waals surface area contributed by atoms with Gasteiger partial charge < -0.3 is 23.7 Å². The zero-order valence-corrected chi connectivity index (χ0v) is 28.5. The number of hydrogen-bond acceptors (Lipinski definition) is 16. The monoisotopic (exact) mass is 718 g/mol. The number of nitriles is 1. The van der Waals surface area contributed by atoms with E-state index in [-0.39, 0.29) is 32.3 Å². The van der Waals surface area contributed by atoms with Crippen LogP contribution in [-0.4, -0.2) is 73.7 Å². The van der Waals surface area contributed by atoms with Gasteiger partial charge in [-0.1, -0.05) is 24.3 Å². The van der Waals surface area contributed by atoms with Gasteiger partial charge in [0.05, 0.1) is 18.4 Å². The number of esters is 4. The number of rotatable bonds is 24. The first kappa shape index (κ1) is 41.9. The Morgan fingerprint density at radius 3 is 1.81 bits per heavy atom. The Bertz CT molecular complexity index is 1650. The molecule has 2 aromatic rings. The van der Waals surface area contributed by atoms with Gasteiger partial charge >= 0.3 is 23.9 Å². The summed E-state index contributed by atoms with van der Waals surface area (Å²) in [6.45, 7) is 1.20. The lowest BCUT2D eigenvalue weighted by Crippen LogP contribution is -2.27. The first-order chi connectivity index (χ1) is 25.2. The van der Waals surface area contributed by atoms with Gasteiger partial charge in [0.1, 0.15) is 5.75 Å². The Morgan fingerprint density at radius 1 is 0.692 bits per heavy atom. The van der Waals surface area contributed by atoms with Crippen molar-refractivity contribution in [3.05, 3.63) is 59.7 Å². The summed E-state index contributed by atoms with van der Waals surface area (Å²) >= 11 is 0. The van der Waals surface area contributed by atoms with Crippen molar-refractivity contribution in [3.8, 4) is 12.0 Å². The van der Waals surface area contributed by atoms with Crippen molar-refractivity contribution in [1.82, 2.24) is 0 Å². The van der Waals surface area contributed by atoms with Crippen molar-refractivity contribution >= 4 is 47.8 Å². The molecule has 0 aromatic heterocycles. The van der Waals surface area contributed by atoms with Gasteiger partial charge in [0.15, 0.2) is 12.1 Å². The van der Waals surface area contributed by atoms with Crippen molar-refractivity contribution < 1.29 is 57.2 Å². The highest BCUT2D eigenvalue weighted by Gasteiger charge is 2.23. The first-order valence-corrected chi connectivity index (χ1v) is 16.3. The van der Waals surface area contributed by atoms with Gasteiger partial charge in [-0.2, -0.15) is 15.0 Å². The first-order valence-electron chi connectivity index (χ1n) is 16.3. The predicted octanol–water partition coefficient (Wildman–Crippen LogP) is 4.35. The van der Waals surface area contributed by atoms with Gasteiger partial charge in [-0.05, 0) is 80.8 Å². The van der Waals surface area contributed by atoms with Crippen molar-refractivity contribution in [1.29, 1.82) is 5.26 Å². The molecule has 3 unspecified atom stereocenters. The molecule has 3 atom stereocenters. The molecule has 2 aromatic carbocycles. The fraction of sp³-hybridized carbons (Fsp3) is 0.444. The summed E-state index contributed by atoms with van der Waals surface area (Å²) in [5.41, 5.74) is 1.73. The molecule has 274 valence electrons. The molecule has 0 heterocycles. The van der Waals surface area contributed by atoms with Crippen LogP contribution in [0.3, 0.4) is 0 Å². The normalized spacial score (nSPS) is 11.8. The number of hydrogen-bond donors (Lipinski definition) is 0. The van der Waals surface area contributed by atoms with Crippen molar-refractivity contribution in [2.75, 3.05) is 13.4 Å². The highest BCUT2D eigenvalue weighted by atomic mass is 16.7. The lowest BCUT2D eigenvalue weighted by Gasteiger charge is -2.16. The van der Waals surface area contributed by atoms with Crippen LogP contribution in [0.25, 0.3) is 0 Å². The van der Waals surface area contributed by atoms with Crippen LogP contribution < -0.4 is 4.74 Å². The second kappa shape index (κ2) is 24.8. The molecule has 0 fully saturated rings. The van der Waals surface area contributed by atoms with E-state index in [1.165, 1.54) is 18.2 Å². The lowest BCUT2D eigenvalue weighted by atomic mass is 10.1. The molecular weight excluding hydrogens is 680 g/mol. The molecule has 0 spiro atoms. The van der Waals surface area contributed by atoms with E-state index in [1.54, 1.807) is 61.7 Å². The van der Waals surface area contributed by atoms with E-state index in [0.29, 0.717) is 61.1 Å². The summed E-state index contributed by atoms with van der Waals surface area (Å²) in [5.74, 6) is -2.19. The Kier molecular flexibility index (Phi) is 20.0. The van der Waals surface area contributed by atoms with Crippen LogP contribution in [0, 0.1) is 11.5 Å². The van der Waals surface area contributed by atoms with E-state index in [9.17, 15) is 33.6 Å². The van der Waals surface area contributed by atoms with Crippen molar-refractivity contribution in [2.24, 2.45) is 15.0 Å². The van der Waals surface area contributed by atoms with Crippen molar-refractivity contribution in [3.63, 3.8) is 0 Å². The van der Waals surface area contributed by atoms with E-state index in [2.05, 4.69) is 15.0 Å². The third-order valence-electron chi connectivity index (χ3n) is 7.29. The quantitative estimate of drug-likeness (QED) is 0.0280. The largest absolute Gasteiger partial charge is 0.464 e. The number of nitrogens with zero attached hydrogens (tertiary/aromatic N) is 4. The van der Waals surface area contributed by atoms with E-state index in [4.69, 9.17) is 28.9 Å². The standard InChI is InChI=1S/C36H38N4O12/c1-26(52-36(47)32(40-24-43)20-27-10-14-29(15-11-27)38-22-41)7-4-5-9-34(45)51-25-50-33(44)8-3-2-6-18-48-35(46)31(39-23-42)19-28-12-16-30(17-13-28)49-21-37/h10-17,26,31-32H,2-9,18-20,25H2,1H3. The smallest absolute Gasteiger partial charge is 0.332 e. The van der Waals surface area contributed by atoms with Crippen LogP contribution in [0.5, 0.6) is 5.75 Å². The highest BCUT2D eigenvalue weighted by molar-refractivity contribution is 5.78. The Balaban J connectivity index is 1.54. The minimum absolute atomic E-state index is 0.0538. The van der Waals surface area contributed by atoms with Crippen LogP contribution in [0.15, 0.2) is 63.5 Å². The van der Waals surface area contributed by atoms with E-state index >= 15 is 0 Å². The van der Waals surface area contributed by atoms with Crippen molar-refractivity contribution in [2.45, 2.75) is 89.3 Å². The van der Waals surface area contributed by atoms with Gasteiger partial charge in [0.2, 0.25) is 25.0 Å². The molecule has 0 amide bonds. The molecule has 0 aliphatic heterocycles. The summed E-state index contributed by atoms with van der Waals surface area (Å²) in [7, 11) is 0. The predicted molar refractivity (Wildman–Crippen MR) is 179 cm³/mol. The number of carbonyl (C=O) groups excluding carboxylic acids is 7. The molecule has 16 nitrogen and oxygen atoms in total. The van der Waals surface area contributed by atoms with Gasteiger partial charge in [0, 0.05) is 25.7 Å². The second-order valence-electron chi connectivity index (χ2n) is 11.2. The van der Waals surface area contributed by atoms with E-state index < -0.39 is 48.9 Å². The molecule has 0 N–H and O–H groups in total. The highest BCUT2D eigenvalue weighted by Crippen LogP contribution is 2.17. The molecule has 0 aliphatic rings. The number of unbranched alkanes of at least 4 members (excludes halogenated alkanes) is 3. The van der Waals surface area contributed by atoms with E-state index in [0.717, 1.165) is 0 Å². The summed E-state index contributed by atoms with van der Waals surface area (Å²) in [4.78, 5) is 91.4. The van der Waals surface area contributed by atoms with Crippen LogP contribution in [-0.2, 0) is 65.4 Å². The molecule has 2 rings (SSSR count). The third-order valence-corrected chi connectivity index (χ3v) is 7.29. The Morgan fingerprint density at radius 2 is 1.25 bits per heavy atom. The van der Waals surface area contributed by atoms with Crippen LogP contribution >= 0.6 is 0 Å². The Labute approximate surface area is 299 Å². The molecule has 0 bridgehead atoms. The van der Waals surface area contributed by atoms with Gasteiger partial charge in [-0.3, -0.25) is 9.59 Å². The second-order valence-corrected chi connectivity index (χ2v) is 11.2. The molecule has 0 aliphatic carbocycles. The number of benzene rings is 2. The molecule has 16 heteroatoms. The maximum absolute atomic E-state index is 12.6. The number of isocyanates is 3. The fourth-order valence-electron chi connectivity index (χ4n) is 4.60. The zero-order valence-electron chi connectivity index (χ0n) is 28.5. The van der Waals surface area contributed by atoms with Crippen LogP contribution in [0.2, 0.25) is 0 Å². The number of carbonyl (C=O) groups is 4. The Hall–Kier alpha value is -6.25. The molecule has 0 saturated carbocycles. The van der Waals surface area contributed by atoms with Gasteiger partial charge in [-0.15, -0.1) is 5.26 Å². The fourth-order valence-corrected chi connectivity index (χ4v) is 4.60. The summed E-state index contributed by atoms with van der Waals surface area (Å²) < 4.78 is 25.2. The maximum Gasteiger partial charge on any atom is 0.332 e. The average Bonchev–Trinajstić information content (AvgIpc) is 3.13. The summed E-state index contributed by atoms with van der Waals surface area (Å²) in [6.07, 6.45) is 8.35. The summed E-state index contributed by atoms with van der Waals surface area (Å²) in [5, 5.41) is 8.55. The maximum atomic E-state index is 12.6. The number of aliphatic imine (C=N–C) groups is 3. The third kappa shape index (κ3) is 17.4. The lowest BCUT2D eigenvalue weighted by molar-refractivity contribution is -0.167. The SMILES string of the molecule is CC(CCCCC(=O)OCOC(=O)CCCCCOC(=O)C(Cc1ccc(OC#N)cc1)N=C=O)OC(=O)C(Cc1ccc(N=C=O)cc1)N=C=O. The molecule has 0 radical (unpaired) electrons. The number of ether oxygens (including phenoxy) is 5. The zero-order chi connectivity index (χ0) is 38.0. The minimum atomic E-state index is -1.10. The average molecular weight is 719 g/mol. The van der Waals surface area contributed by atoms with Crippen LogP contribution in [0.1, 0.15) is 69.4 Å². The van der Waals surface area contributed by atoms with E-state index in [1.807, 2.05) is 0 Å². The molecule has 0 saturated heterocycles. The van der Waals surface area contributed by atoms with Crippen LogP contribution in [0.4, 0.5) is 5.69 Å². The topological polar surface area (TPSA) is 227 Å². The van der Waals surface area contributed by atoms with Gasteiger partial charge in [0.25, 0.3) is 6.26 Å². The molecular formula is C36H38N4O12. The molecule has 52 heavy (non-hydrogen) atoms. The minimum Gasteiger partial charge on any atom is -0.464 e.